The zero-order chi connectivity index (χ0) is 14.1. The molecule has 0 saturated heterocycles. The minimum absolute atomic E-state index is 0.172. The Labute approximate surface area is 134 Å². The molecule has 0 fully saturated rings. The van der Waals surface area contributed by atoms with Gasteiger partial charge in [0.25, 0.3) is 0 Å². The molecule has 0 radical (unpaired) electrons. The van der Waals surface area contributed by atoms with Gasteiger partial charge in [-0.15, -0.1) is 11.3 Å². The lowest BCUT2D eigenvalue weighted by Gasteiger charge is -2.16. The van der Waals surface area contributed by atoms with Crippen molar-refractivity contribution < 1.29 is 0 Å². The molecule has 2 aromatic heterocycles. The highest BCUT2D eigenvalue weighted by atomic mass is 79.9. The Balaban J connectivity index is 1.84. The van der Waals surface area contributed by atoms with Crippen molar-refractivity contribution in [1.29, 1.82) is 0 Å². The van der Waals surface area contributed by atoms with E-state index in [0.717, 1.165) is 15.7 Å². The van der Waals surface area contributed by atoms with Gasteiger partial charge in [0.15, 0.2) is 0 Å². The lowest BCUT2D eigenvalue weighted by atomic mass is 10.1. The maximum absolute atomic E-state index is 6.11. The molecule has 1 N–H and O–H groups in total. The van der Waals surface area contributed by atoms with Crippen LogP contribution in [-0.2, 0) is 0 Å². The zero-order valence-corrected chi connectivity index (χ0v) is 13.9. The average Bonchev–Trinajstić information content (AvgIpc) is 2.90. The fourth-order valence-electron chi connectivity index (χ4n) is 2.02. The molecular weight excluding hydrogens is 356 g/mol. The van der Waals surface area contributed by atoms with Gasteiger partial charge in [-0.25, -0.2) is 0 Å². The number of hydrogen-bond donors (Lipinski definition) is 1. The topological polar surface area (TPSA) is 24.9 Å². The summed E-state index contributed by atoms with van der Waals surface area (Å²) >= 11 is 11.2. The van der Waals surface area contributed by atoms with Crippen LogP contribution >= 0.6 is 38.9 Å². The van der Waals surface area contributed by atoms with Crippen molar-refractivity contribution in [2.45, 2.75) is 13.0 Å². The highest BCUT2D eigenvalue weighted by molar-refractivity contribution is 9.10. The fraction of sp³-hybridized carbons (Fsp3) is 0.133. The molecule has 2 nitrogen and oxygen atoms in total. The van der Waals surface area contributed by atoms with Crippen LogP contribution in [0.2, 0.25) is 5.02 Å². The zero-order valence-electron chi connectivity index (χ0n) is 10.7. The van der Waals surface area contributed by atoms with E-state index < -0.39 is 0 Å². The van der Waals surface area contributed by atoms with Gasteiger partial charge in [0.1, 0.15) is 0 Å². The largest absolute Gasteiger partial charge is 0.378 e. The van der Waals surface area contributed by atoms with E-state index in [1.807, 2.05) is 30.5 Å². The molecule has 0 aliphatic heterocycles. The number of benzene rings is 1. The SMILES string of the molecule is CC(Nc1ccc(Br)c(Cl)c1)c1cnc2ccsc2c1. The van der Waals surface area contributed by atoms with Gasteiger partial charge >= 0.3 is 0 Å². The number of thiophene rings is 1. The second-order valence-corrected chi connectivity index (χ2v) is 6.78. The molecule has 0 amide bonds. The molecular formula is C15H12BrClN2S. The van der Waals surface area contributed by atoms with Crippen molar-refractivity contribution in [3.05, 3.63) is 57.0 Å². The standard InChI is InChI=1S/C15H12BrClN2S/c1-9(19-11-2-3-12(16)13(17)7-11)10-6-15-14(18-8-10)4-5-20-15/h2-9,19H,1H3. The van der Waals surface area contributed by atoms with Crippen LogP contribution in [0.25, 0.3) is 10.2 Å². The van der Waals surface area contributed by atoms with Crippen LogP contribution in [0.15, 0.2) is 46.4 Å². The quantitative estimate of drug-likeness (QED) is 0.624. The van der Waals surface area contributed by atoms with Gasteiger partial charge in [0.05, 0.1) is 21.3 Å². The Kier molecular flexibility index (Phi) is 3.96. The van der Waals surface area contributed by atoms with E-state index >= 15 is 0 Å². The number of aromatic nitrogens is 1. The van der Waals surface area contributed by atoms with Crippen LogP contribution in [0.4, 0.5) is 5.69 Å². The second kappa shape index (κ2) is 5.72. The first kappa shape index (κ1) is 13.9. The van der Waals surface area contributed by atoms with E-state index in [9.17, 15) is 0 Å². The Bertz CT molecular complexity index is 756. The monoisotopic (exact) mass is 366 g/mol. The number of nitrogens with one attached hydrogen (secondary N) is 1. The Morgan fingerprint density at radius 3 is 2.95 bits per heavy atom. The number of pyridine rings is 1. The third-order valence-electron chi connectivity index (χ3n) is 3.13. The summed E-state index contributed by atoms with van der Waals surface area (Å²) in [6, 6.07) is 10.3. The summed E-state index contributed by atoms with van der Waals surface area (Å²) in [5.74, 6) is 0. The Morgan fingerprint density at radius 1 is 1.30 bits per heavy atom. The molecule has 0 bridgehead atoms. The number of fused-ring (bicyclic) bond motifs is 1. The molecule has 0 saturated carbocycles. The van der Waals surface area contributed by atoms with Gasteiger partial charge in [0.2, 0.25) is 0 Å². The van der Waals surface area contributed by atoms with Crippen molar-refractivity contribution in [3.8, 4) is 0 Å². The van der Waals surface area contributed by atoms with Crippen LogP contribution in [-0.4, -0.2) is 4.98 Å². The molecule has 20 heavy (non-hydrogen) atoms. The van der Waals surface area contributed by atoms with E-state index in [0.29, 0.717) is 5.02 Å². The number of rotatable bonds is 3. The van der Waals surface area contributed by atoms with E-state index in [4.69, 9.17) is 11.6 Å². The highest BCUT2D eigenvalue weighted by Crippen LogP contribution is 2.29. The Morgan fingerprint density at radius 2 is 2.15 bits per heavy atom. The van der Waals surface area contributed by atoms with Gasteiger partial charge in [-0.2, -0.15) is 0 Å². The van der Waals surface area contributed by atoms with Crippen LogP contribution in [0.5, 0.6) is 0 Å². The first-order valence-corrected chi connectivity index (χ1v) is 8.23. The molecule has 1 atom stereocenters. The maximum Gasteiger partial charge on any atom is 0.0809 e. The lowest BCUT2D eigenvalue weighted by molar-refractivity contribution is 0.880. The molecule has 0 aliphatic rings. The maximum atomic E-state index is 6.11. The Hall–Kier alpha value is -1.10. The second-order valence-electron chi connectivity index (χ2n) is 4.57. The number of halogens is 2. The average molecular weight is 368 g/mol. The van der Waals surface area contributed by atoms with Gasteiger partial charge in [-0.3, -0.25) is 4.98 Å². The molecule has 1 unspecified atom stereocenters. The minimum Gasteiger partial charge on any atom is -0.378 e. The molecule has 3 aromatic rings. The van der Waals surface area contributed by atoms with Crippen molar-refractivity contribution in [2.75, 3.05) is 5.32 Å². The fourth-order valence-corrected chi connectivity index (χ4v) is 3.23. The van der Waals surface area contributed by atoms with Gasteiger partial charge < -0.3 is 5.32 Å². The van der Waals surface area contributed by atoms with Crippen LogP contribution < -0.4 is 5.32 Å². The summed E-state index contributed by atoms with van der Waals surface area (Å²) in [5.41, 5.74) is 3.22. The van der Waals surface area contributed by atoms with Gasteiger partial charge in [-0.05, 0) is 64.1 Å². The molecule has 0 aliphatic carbocycles. The molecule has 3 rings (SSSR count). The first-order chi connectivity index (χ1) is 9.63. The predicted octanol–water partition coefficient (Wildman–Crippen LogP) is 5.89. The number of hydrogen-bond acceptors (Lipinski definition) is 3. The third-order valence-corrected chi connectivity index (χ3v) is 5.21. The summed E-state index contributed by atoms with van der Waals surface area (Å²) in [6.45, 7) is 2.12. The van der Waals surface area contributed by atoms with E-state index in [1.54, 1.807) is 11.3 Å². The number of anilines is 1. The molecule has 102 valence electrons. The van der Waals surface area contributed by atoms with Crippen LogP contribution in [0.3, 0.4) is 0 Å². The van der Waals surface area contributed by atoms with Crippen molar-refractivity contribution in [3.63, 3.8) is 0 Å². The highest BCUT2D eigenvalue weighted by Gasteiger charge is 2.08. The molecule has 5 heteroatoms. The van der Waals surface area contributed by atoms with E-state index in [1.165, 1.54) is 10.3 Å². The number of nitrogens with zero attached hydrogens (tertiary/aromatic N) is 1. The van der Waals surface area contributed by atoms with Crippen molar-refractivity contribution in [2.24, 2.45) is 0 Å². The predicted molar refractivity (Wildman–Crippen MR) is 90.8 cm³/mol. The van der Waals surface area contributed by atoms with Crippen LogP contribution in [0.1, 0.15) is 18.5 Å². The third kappa shape index (κ3) is 2.82. The summed E-state index contributed by atoms with van der Waals surface area (Å²) < 4.78 is 2.11. The van der Waals surface area contributed by atoms with E-state index in [-0.39, 0.29) is 6.04 Å². The minimum atomic E-state index is 0.172. The van der Waals surface area contributed by atoms with Gasteiger partial charge in [-0.1, -0.05) is 11.6 Å². The van der Waals surface area contributed by atoms with Crippen molar-refractivity contribution in [1.82, 2.24) is 4.98 Å². The first-order valence-electron chi connectivity index (χ1n) is 6.18. The van der Waals surface area contributed by atoms with Gasteiger partial charge in [0, 0.05) is 16.4 Å². The summed E-state index contributed by atoms with van der Waals surface area (Å²) in [7, 11) is 0. The summed E-state index contributed by atoms with van der Waals surface area (Å²) in [4.78, 5) is 4.47. The summed E-state index contributed by atoms with van der Waals surface area (Å²) in [6.07, 6.45) is 1.92. The normalized spacial score (nSPS) is 12.6. The lowest BCUT2D eigenvalue weighted by Crippen LogP contribution is -2.06. The van der Waals surface area contributed by atoms with Crippen LogP contribution in [0, 0.1) is 0 Å². The van der Waals surface area contributed by atoms with Crippen molar-refractivity contribution >= 4 is 54.8 Å². The summed E-state index contributed by atoms with van der Waals surface area (Å²) in [5, 5.41) is 6.21. The smallest absolute Gasteiger partial charge is 0.0809 e. The van der Waals surface area contributed by atoms with E-state index in [2.05, 4.69) is 44.6 Å². The molecule has 2 heterocycles. The molecule has 0 spiro atoms. The molecule has 1 aromatic carbocycles.